The van der Waals surface area contributed by atoms with Crippen LogP contribution in [0.3, 0.4) is 0 Å². The van der Waals surface area contributed by atoms with Crippen molar-refractivity contribution in [3.63, 3.8) is 0 Å². The topological polar surface area (TPSA) is 38.4 Å². The molecule has 1 aliphatic carbocycles. The molecule has 2 N–H and O–H groups in total. The largest absolute Gasteiger partial charge is 0.387 e. The van der Waals surface area contributed by atoms with Gasteiger partial charge in [0.25, 0.3) is 0 Å². The summed E-state index contributed by atoms with van der Waals surface area (Å²) in [5, 5.41) is 0. The molecule has 0 heterocycles. The van der Waals surface area contributed by atoms with E-state index < -0.39 is 0 Å². The average molecular weight is 140 g/mol. The highest BCUT2D eigenvalue weighted by Crippen LogP contribution is 2.32. The van der Waals surface area contributed by atoms with Crippen molar-refractivity contribution in [1.29, 1.82) is 0 Å². The van der Waals surface area contributed by atoms with Gasteiger partial charge in [0, 0.05) is 6.42 Å². The first kappa shape index (κ1) is 7.58. The Morgan fingerprint density at radius 1 is 1.70 bits per heavy atom. The summed E-state index contributed by atoms with van der Waals surface area (Å²) in [6.45, 7) is 4.34. The number of hydrogen-bond donors (Lipinski definition) is 1. The van der Waals surface area contributed by atoms with Crippen LogP contribution in [0.25, 0.3) is 0 Å². The maximum Gasteiger partial charge on any atom is 0.0940 e. The Labute approximate surface area is 62.5 Å². The molecule has 0 aliphatic heterocycles. The molecule has 58 valence electrons. The Kier molecular flexibility index (Phi) is 2.30. The Morgan fingerprint density at radius 3 is 2.70 bits per heavy atom. The third-order valence-corrected chi connectivity index (χ3v) is 1.90. The third kappa shape index (κ3) is 2.01. The summed E-state index contributed by atoms with van der Waals surface area (Å²) in [7, 11) is 0. The normalized spacial score (nSPS) is 32.4. The molecular formula is C8H16N2. The van der Waals surface area contributed by atoms with E-state index in [1.54, 1.807) is 0 Å². The first-order valence-electron chi connectivity index (χ1n) is 4.06. The van der Waals surface area contributed by atoms with Crippen LogP contribution in [0.2, 0.25) is 0 Å². The van der Waals surface area contributed by atoms with Crippen LogP contribution in [0.4, 0.5) is 0 Å². The van der Waals surface area contributed by atoms with Gasteiger partial charge < -0.3 is 5.73 Å². The number of nitrogens with zero attached hydrogens (tertiary/aromatic N) is 1. The zero-order valence-corrected chi connectivity index (χ0v) is 6.80. The monoisotopic (exact) mass is 140 g/mol. The quantitative estimate of drug-likeness (QED) is 0.469. The van der Waals surface area contributed by atoms with Crippen LogP contribution >= 0.6 is 0 Å². The van der Waals surface area contributed by atoms with Gasteiger partial charge >= 0.3 is 0 Å². The van der Waals surface area contributed by atoms with E-state index in [0.717, 1.165) is 24.6 Å². The maximum atomic E-state index is 5.64. The molecule has 0 aromatic rings. The van der Waals surface area contributed by atoms with Crippen molar-refractivity contribution in [2.75, 3.05) is 0 Å². The Hall–Kier alpha value is -0.530. The molecule has 1 saturated carbocycles. The maximum absolute atomic E-state index is 5.64. The van der Waals surface area contributed by atoms with Crippen molar-refractivity contribution >= 4 is 5.84 Å². The third-order valence-electron chi connectivity index (χ3n) is 1.90. The minimum atomic E-state index is 0.562. The zero-order valence-electron chi connectivity index (χ0n) is 6.80. The highest BCUT2D eigenvalue weighted by molar-refractivity contribution is 5.80. The summed E-state index contributed by atoms with van der Waals surface area (Å²) in [6.07, 6.45) is 3.31. The lowest BCUT2D eigenvalue weighted by Gasteiger charge is -1.95. The van der Waals surface area contributed by atoms with Gasteiger partial charge in [0.05, 0.1) is 11.9 Å². The van der Waals surface area contributed by atoms with E-state index in [1.165, 1.54) is 6.42 Å². The van der Waals surface area contributed by atoms with Crippen molar-refractivity contribution < 1.29 is 0 Å². The van der Waals surface area contributed by atoms with E-state index in [1.807, 2.05) is 0 Å². The predicted molar refractivity (Wildman–Crippen MR) is 44.1 cm³/mol. The van der Waals surface area contributed by atoms with E-state index in [0.29, 0.717) is 6.04 Å². The Balaban J connectivity index is 2.25. The first-order chi connectivity index (χ1) is 4.74. The molecule has 0 spiro atoms. The molecule has 1 fully saturated rings. The molecule has 10 heavy (non-hydrogen) atoms. The lowest BCUT2D eigenvalue weighted by molar-refractivity contribution is 0.878. The summed E-state index contributed by atoms with van der Waals surface area (Å²) in [5.41, 5.74) is 5.64. The van der Waals surface area contributed by atoms with Gasteiger partial charge in [0.2, 0.25) is 0 Å². The summed E-state index contributed by atoms with van der Waals surface area (Å²) in [6, 6.07) is 0.562. The Morgan fingerprint density at radius 2 is 2.30 bits per heavy atom. The number of amidine groups is 1. The van der Waals surface area contributed by atoms with Gasteiger partial charge in [-0.25, -0.2) is 0 Å². The minimum Gasteiger partial charge on any atom is -0.387 e. The second-order valence-electron chi connectivity index (χ2n) is 3.15. The van der Waals surface area contributed by atoms with Crippen LogP contribution in [-0.4, -0.2) is 11.9 Å². The molecule has 2 unspecified atom stereocenters. The lowest BCUT2D eigenvalue weighted by atomic mass is 10.3. The molecule has 0 amide bonds. The van der Waals surface area contributed by atoms with Crippen LogP contribution in [0.5, 0.6) is 0 Å². The van der Waals surface area contributed by atoms with Gasteiger partial charge in [-0.2, -0.15) is 0 Å². The van der Waals surface area contributed by atoms with Crippen LogP contribution in [0.1, 0.15) is 33.1 Å². The number of hydrogen-bond acceptors (Lipinski definition) is 1. The highest BCUT2D eigenvalue weighted by Gasteiger charge is 2.32. The van der Waals surface area contributed by atoms with Gasteiger partial charge in [0.15, 0.2) is 0 Å². The van der Waals surface area contributed by atoms with Gasteiger partial charge in [-0.05, 0) is 18.8 Å². The summed E-state index contributed by atoms with van der Waals surface area (Å²) >= 11 is 0. The summed E-state index contributed by atoms with van der Waals surface area (Å²) in [4.78, 5) is 4.35. The van der Waals surface area contributed by atoms with Gasteiger partial charge in [0.1, 0.15) is 0 Å². The van der Waals surface area contributed by atoms with E-state index in [9.17, 15) is 0 Å². The molecule has 2 nitrogen and oxygen atoms in total. The van der Waals surface area contributed by atoms with Gasteiger partial charge in [-0.1, -0.05) is 13.8 Å². The molecule has 1 rings (SSSR count). The van der Waals surface area contributed by atoms with Crippen LogP contribution < -0.4 is 5.73 Å². The van der Waals surface area contributed by atoms with E-state index in [4.69, 9.17) is 5.73 Å². The molecule has 0 radical (unpaired) electrons. The lowest BCUT2D eigenvalue weighted by Crippen LogP contribution is -2.11. The fourth-order valence-corrected chi connectivity index (χ4v) is 1.02. The van der Waals surface area contributed by atoms with Crippen molar-refractivity contribution in [2.24, 2.45) is 16.6 Å². The minimum absolute atomic E-state index is 0.562. The van der Waals surface area contributed by atoms with Crippen molar-refractivity contribution in [3.05, 3.63) is 0 Å². The second kappa shape index (κ2) is 3.04. The fourth-order valence-electron chi connectivity index (χ4n) is 1.02. The molecule has 1 aliphatic rings. The molecule has 2 atom stereocenters. The fraction of sp³-hybridized carbons (Fsp3) is 0.875. The van der Waals surface area contributed by atoms with Crippen LogP contribution in [0, 0.1) is 5.92 Å². The smallest absolute Gasteiger partial charge is 0.0940 e. The standard InChI is InChI=1S/C8H16N2/c1-3-4-8(9)10-7-5-6(7)2/h6-7H,3-5H2,1-2H3,(H2,9,10). The van der Waals surface area contributed by atoms with Crippen molar-refractivity contribution in [3.8, 4) is 0 Å². The number of aliphatic imine (C=N–C) groups is 1. The molecule has 0 bridgehead atoms. The molecule has 0 aromatic carbocycles. The summed E-state index contributed by atoms with van der Waals surface area (Å²) < 4.78 is 0. The number of nitrogens with two attached hydrogens (primary N) is 1. The Bertz CT molecular complexity index is 140. The molecular weight excluding hydrogens is 124 g/mol. The molecule has 2 heteroatoms. The van der Waals surface area contributed by atoms with Crippen LogP contribution in [-0.2, 0) is 0 Å². The molecule has 0 saturated heterocycles. The SMILES string of the molecule is CCCC(N)=NC1CC1C. The first-order valence-corrected chi connectivity index (χ1v) is 4.06. The van der Waals surface area contributed by atoms with Gasteiger partial charge in [-0.3, -0.25) is 4.99 Å². The predicted octanol–water partition coefficient (Wildman–Crippen LogP) is 1.55. The van der Waals surface area contributed by atoms with Crippen LogP contribution in [0.15, 0.2) is 4.99 Å². The zero-order chi connectivity index (χ0) is 7.56. The van der Waals surface area contributed by atoms with E-state index >= 15 is 0 Å². The summed E-state index contributed by atoms with van der Waals surface area (Å²) in [5.74, 6) is 1.63. The second-order valence-corrected chi connectivity index (χ2v) is 3.15. The van der Waals surface area contributed by atoms with E-state index in [2.05, 4.69) is 18.8 Å². The highest BCUT2D eigenvalue weighted by atomic mass is 14.9. The van der Waals surface area contributed by atoms with E-state index in [-0.39, 0.29) is 0 Å². The van der Waals surface area contributed by atoms with Crippen molar-refractivity contribution in [2.45, 2.75) is 39.2 Å². The van der Waals surface area contributed by atoms with Gasteiger partial charge in [-0.15, -0.1) is 0 Å². The van der Waals surface area contributed by atoms with Crippen molar-refractivity contribution in [1.82, 2.24) is 0 Å². The number of rotatable bonds is 3. The molecule has 0 aromatic heterocycles. The average Bonchev–Trinajstić information content (AvgIpc) is 2.47.